The number of nitrogens with two attached hydrogens (primary N) is 1. The van der Waals surface area contributed by atoms with Gasteiger partial charge in [-0.3, -0.25) is 4.40 Å². The monoisotopic (exact) mass is 433 g/mol. The Morgan fingerprint density at radius 2 is 1.78 bits per heavy atom. The molecule has 142 valence electrons. The smallest absolute Gasteiger partial charge is 0.342 e. The summed E-state index contributed by atoms with van der Waals surface area (Å²) in [5.74, 6) is -1.14. The van der Waals surface area contributed by atoms with Crippen LogP contribution in [0, 0.1) is 0 Å². The lowest BCUT2D eigenvalue weighted by Crippen LogP contribution is -2.24. The van der Waals surface area contributed by atoms with Gasteiger partial charge >= 0.3 is 11.9 Å². The Bertz CT molecular complexity index is 1000. The molecule has 0 saturated heterocycles. The van der Waals surface area contributed by atoms with Crippen LogP contribution in [0.4, 0.5) is 5.82 Å². The Labute approximate surface area is 166 Å². The first kappa shape index (κ1) is 20.4. The van der Waals surface area contributed by atoms with E-state index in [1.54, 1.807) is 55.6 Å². The minimum Gasteiger partial charge on any atom is -0.478 e. The third-order valence-corrected chi connectivity index (χ3v) is 3.71. The first-order valence-corrected chi connectivity index (χ1v) is 8.01. The molecular formula is C19H20BrN3O4. The summed E-state index contributed by atoms with van der Waals surface area (Å²) < 4.78 is 7.04. The van der Waals surface area contributed by atoms with E-state index in [4.69, 9.17) is 15.6 Å². The van der Waals surface area contributed by atoms with Crippen LogP contribution in [-0.2, 0) is 4.74 Å². The Morgan fingerprint density at radius 3 is 2.33 bits per heavy atom. The number of nitrogens with zero attached hydrogens (tertiary/aromatic N) is 2. The lowest BCUT2D eigenvalue weighted by molar-refractivity contribution is 0.00710. The number of hydrogen-bond donors (Lipinski definition) is 2. The van der Waals surface area contributed by atoms with E-state index in [0.717, 1.165) is 0 Å². The molecule has 0 spiro atoms. The molecule has 3 aromatic rings. The van der Waals surface area contributed by atoms with E-state index in [0.29, 0.717) is 28.3 Å². The van der Waals surface area contributed by atoms with Crippen LogP contribution < -0.4 is 5.73 Å². The van der Waals surface area contributed by atoms with Crippen LogP contribution in [-0.4, -0.2) is 32.0 Å². The van der Waals surface area contributed by atoms with E-state index in [9.17, 15) is 9.59 Å². The molecule has 0 saturated carbocycles. The van der Waals surface area contributed by atoms with Gasteiger partial charge in [0, 0.05) is 11.8 Å². The van der Waals surface area contributed by atoms with Crippen molar-refractivity contribution in [2.24, 2.45) is 0 Å². The van der Waals surface area contributed by atoms with Gasteiger partial charge in [-0.15, -0.1) is 17.0 Å². The summed E-state index contributed by atoms with van der Waals surface area (Å²) in [5, 5.41) is 9.01. The van der Waals surface area contributed by atoms with Crippen molar-refractivity contribution in [3.8, 4) is 11.3 Å². The summed E-state index contributed by atoms with van der Waals surface area (Å²) in [5.41, 5.74) is 7.56. The number of aromatic carboxylic acids is 1. The summed E-state index contributed by atoms with van der Waals surface area (Å²) in [6, 6.07) is 9.56. The molecule has 0 radical (unpaired) electrons. The number of fused-ring (bicyclic) bond motifs is 1. The van der Waals surface area contributed by atoms with Gasteiger partial charge < -0.3 is 15.6 Å². The number of hydrogen-bond acceptors (Lipinski definition) is 5. The van der Waals surface area contributed by atoms with Crippen molar-refractivity contribution in [3.63, 3.8) is 0 Å². The highest BCUT2D eigenvalue weighted by molar-refractivity contribution is 8.93. The summed E-state index contributed by atoms with van der Waals surface area (Å²) in [4.78, 5) is 28.0. The van der Waals surface area contributed by atoms with Crippen molar-refractivity contribution in [1.29, 1.82) is 0 Å². The molecule has 0 fully saturated rings. The van der Waals surface area contributed by atoms with Crippen LogP contribution in [0.5, 0.6) is 0 Å². The van der Waals surface area contributed by atoms with Gasteiger partial charge in [0.05, 0.1) is 5.56 Å². The Balaban J connectivity index is 0.00000261. The highest BCUT2D eigenvalue weighted by Crippen LogP contribution is 2.28. The van der Waals surface area contributed by atoms with Crippen LogP contribution in [0.1, 0.15) is 41.5 Å². The summed E-state index contributed by atoms with van der Waals surface area (Å²) in [6.07, 6.45) is 1.71. The number of pyridine rings is 1. The van der Waals surface area contributed by atoms with E-state index >= 15 is 0 Å². The van der Waals surface area contributed by atoms with Crippen molar-refractivity contribution < 1.29 is 19.4 Å². The molecule has 27 heavy (non-hydrogen) atoms. The third-order valence-electron chi connectivity index (χ3n) is 3.71. The zero-order chi connectivity index (χ0) is 19.1. The largest absolute Gasteiger partial charge is 0.478 e. The molecule has 0 aliphatic carbocycles. The first-order valence-electron chi connectivity index (χ1n) is 8.01. The van der Waals surface area contributed by atoms with Gasteiger partial charge in [-0.2, -0.15) is 0 Å². The van der Waals surface area contributed by atoms with E-state index in [-0.39, 0.29) is 22.5 Å². The number of imidazole rings is 1. The maximum absolute atomic E-state index is 12.5. The molecule has 0 atom stereocenters. The van der Waals surface area contributed by atoms with Gasteiger partial charge in [-0.05, 0) is 45.0 Å². The van der Waals surface area contributed by atoms with Gasteiger partial charge in [0.15, 0.2) is 5.65 Å². The highest BCUT2D eigenvalue weighted by Gasteiger charge is 2.22. The molecule has 0 unspecified atom stereocenters. The van der Waals surface area contributed by atoms with Crippen LogP contribution in [0.2, 0.25) is 0 Å². The van der Waals surface area contributed by atoms with Gasteiger partial charge in [0.1, 0.15) is 22.7 Å². The van der Waals surface area contributed by atoms with Crippen molar-refractivity contribution in [2.45, 2.75) is 26.4 Å². The number of aromatic nitrogens is 2. The molecule has 8 heteroatoms. The number of halogens is 1. The maximum atomic E-state index is 12.5. The molecular weight excluding hydrogens is 414 g/mol. The SMILES string of the molecule is Br.CC(C)(C)OC(=O)c1cccn2c(N)c(-c3ccc(C(=O)O)cc3)nc12. The third kappa shape index (κ3) is 4.11. The van der Waals surface area contributed by atoms with E-state index < -0.39 is 17.5 Å². The van der Waals surface area contributed by atoms with Crippen molar-refractivity contribution in [1.82, 2.24) is 9.38 Å². The topological polar surface area (TPSA) is 107 Å². The number of carboxylic acid groups (broad SMARTS) is 1. The summed E-state index contributed by atoms with van der Waals surface area (Å²) >= 11 is 0. The average Bonchev–Trinajstić information content (AvgIpc) is 2.90. The second-order valence-electron chi connectivity index (χ2n) is 6.85. The quantitative estimate of drug-likeness (QED) is 0.607. The Hall–Kier alpha value is -2.87. The second-order valence-corrected chi connectivity index (χ2v) is 6.85. The van der Waals surface area contributed by atoms with Crippen LogP contribution >= 0.6 is 17.0 Å². The fourth-order valence-electron chi connectivity index (χ4n) is 2.56. The molecule has 2 aromatic heterocycles. The summed E-state index contributed by atoms with van der Waals surface area (Å²) in [7, 11) is 0. The number of rotatable bonds is 3. The number of ether oxygens (including phenoxy) is 1. The first-order chi connectivity index (χ1) is 12.2. The van der Waals surface area contributed by atoms with Crippen LogP contribution in [0.15, 0.2) is 42.6 Å². The molecule has 2 heterocycles. The standard InChI is InChI=1S/C19H19N3O4.BrH/c1-19(2,3)26-18(25)13-5-4-10-22-15(20)14(21-16(13)22)11-6-8-12(9-7-11)17(23)24;/h4-10H,20H2,1-3H3,(H,23,24);1H. The van der Waals surface area contributed by atoms with Crippen molar-refractivity contribution in [3.05, 3.63) is 53.7 Å². The van der Waals surface area contributed by atoms with Crippen LogP contribution in [0.25, 0.3) is 16.9 Å². The number of carboxylic acids is 1. The molecule has 0 bridgehead atoms. The lowest BCUT2D eigenvalue weighted by atomic mass is 10.1. The molecule has 3 N–H and O–H groups in total. The highest BCUT2D eigenvalue weighted by atomic mass is 79.9. The van der Waals surface area contributed by atoms with E-state index in [2.05, 4.69) is 4.98 Å². The molecule has 1 aromatic carbocycles. The van der Waals surface area contributed by atoms with Crippen LogP contribution in [0.3, 0.4) is 0 Å². The number of benzene rings is 1. The van der Waals surface area contributed by atoms with Gasteiger partial charge in [0.25, 0.3) is 0 Å². The van der Waals surface area contributed by atoms with E-state index in [1.807, 2.05) is 0 Å². The van der Waals surface area contributed by atoms with Crippen molar-refractivity contribution >= 4 is 40.4 Å². The number of esters is 1. The number of carbonyl (C=O) groups is 2. The fraction of sp³-hybridized carbons (Fsp3) is 0.211. The van der Waals surface area contributed by atoms with Gasteiger partial charge in [-0.1, -0.05) is 12.1 Å². The molecule has 0 amide bonds. The minimum atomic E-state index is -1.01. The zero-order valence-electron chi connectivity index (χ0n) is 15.1. The molecule has 0 aliphatic rings. The average molecular weight is 434 g/mol. The number of anilines is 1. The Morgan fingerprint density at radius 1 is 1.15 bits per heavy atom. The number of nitrogen functional groups attached to an aromatic ring is 1. The molecule has 7 nitrogen and oxygen atoms in total. The maximum Gasteiger partial charge on any atom is 0.342 e. The predicted octanol–water partition coefficient (Wildman–Crippen LogP) is 3.81. The van der Waals surface area contributed by atoms with E-state index in [1.165, 1.54) is 12.1 Å². The van der Waals surface area contributed by atoms with Gasteiger partial charge in [-0.25, -0.2) is 14.6 Å². The molecule has 3 rings (SSSR count). The van der Waals surface area contributed by atoms with Crippen molar-refractivity contribution in [2.75, 3.05) is 5.73 Å². The van der Waals surface area contributed by atoms with Gasteiger partial charge in [0.2, 0.25) is 0 Å². The second kappa shape index (κ2) is 7.40. The number of carbonyl (C=O) groups excluding carboxylic acids is 1. The fourth-order valence-corrected chi connectivity index (χ4v) is 2.56. The normalized spacial score (nSPS) is 11.1. The summed E-state index contributed by atoms with van der Waals surface area (Å²) in [6.45, 7) is 5.38. The Kier molecular flexibility index (Phi) is 5.60. The minimum absolute atomic E-state index is 0. The predicted molar refractivity (Wildman–Crippen MR) is 107 cm³/mol. The lowest BCUT2D eigenvalue weighted by Gasteiger charge is -2.19. The zero-order valence-corrected chi connectivity index (χ0v) is 16.8. The molecule has 0 aliphatic heterocycles.